The van der Waals surface area contributed by atoms with Gasteiger partial charge in [0.1, 0.15) is 17.8 Å². The minimum atomic E-state index is -1.16. The van der Waals surface area contributed by atoms with Gasteiger partial charge in [0, 0.05) is 44.6 Å². The van der Waals surface area contributed by atoms with Crippen LogP contribution in [0.25, 0.3) is 0 Å². The third-order valence-corrected chi connectivity index (χ3v) is 9.24. The number of ether oxygens (including phenoxy) is 2. The molecule has 0 aliphatic carbocycles. The highest BCUT2D eigenvalue weighted by molar-refractivity contribution is 5.95. The number of methoxy groups -OCH3 is 1. The first kappa shape index (κ1) is 38.9. The van der Waals surface area contributed by atoms with Crippen LogP contribution in [-0.4, -0.2) is 104 Å². The number of hydrogen-bond acceptors (Lipinski definition) is 7. The third-order valence-electron chi connectivity index (χ3n) is 9.24. The van der Waals surface area contributed by atoms with Gasteiger partial charge >= 0.3 is 0 Å². The Bertz CT molecular complexity index is 1790. The van der Waals surface area contributed by atoms with Crippen LogP contribution in [0.3, 0.4) is 0 Å². The van der Waals surface area contributed by atoms with Gasteiger partial charge in [-0.15, -0.1) is 0 Å². The van der Waals surface area contributed by atoms with Crippen LogP contribution in [0.5, 0.6) is 5.75 Å². The fourth-order valence-electron chi connectivity index (χ4n) is 6.62. The molecule has 5 amide bonds. The number of fused-ring (bicyclic) bond motifs is 4. The second-order valence-corrected chi connectivity index (χ2v) is 13.7. The maximum absolute atomic E-state index is 14.2. The highest BCUT2D eigenvalue weighted by Crippen LogP contribution is 2.31. The fraction of sp³-hybridized carbons (Fsp3) is 0.410. The number of hydrogen-bond donors (Lipinski definition) is 3. The van der Waals surface area contributed by atoms with Crippen molar-refractivity contribution in [2.24, 2.45) is 5.92 Å². The van der Waals surface area contributed by atoms with Crippen LogP contribution in [0, 0.1) is 17.6 Å². The lowest BCUT2D eigenvalue weighted by atomic mass is 9.93. The smallest absolute Gasteiger partial charge is 0.258 e. The number of carbonyl (C=O) groups is 5. The average molecular weight is 734 g/mol. The first-order valence-electron chi connectivity index (χ1n) is 17.6. The van der Waals surface area contributed by atoms with Crippen molar-refractivity contribution in [2.45, 2.75) is 50.7 Å². The monoisotopic (exact) mass is 733 g/mol. The van der Waals surface area contributed by atoms with Crippen molar-refractivity contribution in [1.29, 1.82) is 0 Å². The van der Waals surface area contributed by atoms with Gasteiger partial charge in [0.15, 0.2) is 18.2 Å². The van der Waals surface area contributed by atoms with E-state index in [0.717, 1.165) is 17.7 Å². The lowest BCUT2D eigenvalue weighted by Crippen LogP contribution is -2.56. The Morgan fingerprint density at radius 2 is 1.64 bits per heavy atom. The molecule has 4 atom stereocenters. The molecule has 12 nitrogen and oxygen atoms in total. The van der Waals surface area contributed by atoms with Crippen LogP contribution < -0.4 is 20.7 Å². The molecule has 1 fully saturated rings. The Morgan fingerprint density at radius 3 is 2.36 bits per heavy atom. The summed E-state index contributed by atoms with van der Waals surface area (Å²) in [7, 11) is 1.47. The van der Waals surface area contributed by atoms with Gasteiger partial charge in [-0.05, 0) is 53.8 Å². The molecule has 2 aliphatic heterocycles. The van der Waals surface area contributed by atoms with Crippen LogP contribution >= 0.6 is 0 Å². The maximum Gasteiger partial charge on any atom is 0.258 e. The lowest BCUT2D eigenvalue weighted by molar-refractivity contribution is -0.141. The Balaban J connectivity index is 1.51. The number of benzene rings is 3. The summed E-state index contributed by atoms with van der Waals surface area (Å²) in [5, 5.41) is 8.63. The Kier molecular flexibility index (Phi) is 13.1. The van der Waals surface area contributed by atoms with Crippen molar-refractivity contribution < 1.29 is 42.2 Å². The van der Waals surface area contributed by atoms with Crippen molar-refractivity contribution in [1.82, 2.24) is 25.8 Å². The van der Waals surface area contributed by atoms with E-state index in [2.05, 4.69) is 16.0 Å². The summed E-state index contributed by atoms with van der Waals surface area (Å²) in [5.41, 5.74) is 1.39. The first-order valence-corrected chi connectivity index (χ1v) is 17.6. The Morgan fingerprint density at radius 1 is 0.887 bits per heavy atom. The highest BCUT2D eigenvalue weighted by Gasteiger charge is 2.39. The molecule has 0 unspecified atom stereocenters. The largest absolute Gasteiger partial charge is 0.484 e. The van der Waals surface area contributed by atoms with Gasteiger partial charge < -0.3 is 35.2 Å². The van der Waals surface area contributed by atoms with Crippen LogP contribution in [0.15, 0.2) is 72.8 Å². The summed E-state index contributed by atoms with van der Waals surface area (Å²) in [5.74, 6) is -5.07. The lowest BCUT2D eigenvalue weighted by Gasteiger charge is -2.29. The number of nitrogens with zero attached hydrogens (tertiary/aromatic N) is 2. The molecule has 2 heterocycles. The summed E-state index contributed by atoms with van der Waals surface area (Å²) in [4.78, 5) is 71.3. The van der Waals surface area contributed by atoms with Crippen LogP contribution in [0.1, 0.15) is 47.7 Å². The SMILES string of the molecule is COCCN1CC(=O)N[C@@H](Cc2ccccc2)C(=O)N[C@@H]2CN(C(=O)c3ccc(F)c(F)c3)C[C@H]2c2cccc(c2)OCC(=O)N[C@H](CC(C)C)C1=O. The van der Waals surface area contributed by atoms with Crippen LogP contribution in [0.4, 0.5) is 8.78 Å². The van der Waals surface area contributed by atoms with E-state index in [0.29, 0.717) is 17.7 Å². The molecule has 3 aromatic rings. The molecule has 14 heteroatoms. The fourth-order valence-corrected chi connectivity index (χ4v) is 6.62. The van der Waals surface area contributed by atoms with Crippen LogP contribution in [-0.2, 0) is 30.3 Å². The number of nitrogens with one attached hydrogen (secondary N) is 3. The van der Waals surface area contributed by atoms with Crippen LogP contribution in [0.2, 0.25) is 0 Å². The quantitative estimate of drug-likeness (QED) is 0.323. The molecule has 1 saturated heterocycles. The minimum Gasteiger partial charge on any atom is -0.484 e. The minimum absolute atomic E-state index is 0.0181. The molecule has 0 radical (unpaired) electrons. The van der Waals surface area contributed by atoms with Crippen molar-refractivity contribution in [2.75, 3.05) is 46.5 Å². The molecule has 282 valence electrons. The van der Waals surface area contributed by atoms with Crippen molar-refractivity contribution in [3.63, 3.8) is 0 Å². The zero-order chi connectivity index (χ0) is 38.1. The van der Waals surface area contributed by atoms with Gasteiger partial charge in [-0.25, -0.2) is 8.78 Å². The van der Waals surface area contributed by atoms with E-state index in [4.69, 9.17) is 9.47 Å². The molecule has 0 saturated carbocycles. The van der Waals surface area contributed by atoms with Crippen molar-refractivity contribution >= 4 is 29.5 Å². The van der Waals surface area contributed by atoms with Gasteiger partial charge in [0.2, 0.25) is 17.7 Å². The summed E-state index contributed by atoms with van der Waals surface area (Å²) in [6, 6.07) is 16.2. The van der Waals surface area contributed by atoms with E-state index in [1.807, 2.05) is 44.2 Å². The Hall–Kier alpha value is -5.37. The molecule has 2 aliphatic rings. The zero-order valence-corrected chi connectivity index (χ0v) is 30.0. The molecule has 53 heavy (non-hydrogen) atoms. The predicted molar refractivity (Wildman–Crippen MR) is 191 cm³/mol. The molecule has 0 aromatic heterocycles. The third kappa shape index (κ3) is 10.4. The van der Waals surface area contributed by atoms with Gasteiger partial charge in [-0.2, -0.15) is 0 Å². The second kappa shape index (κ2) is 17.9. The van der Waals surface area contributed by atoms with E-state index in [1.54, 1.807) is 24.3 Å². The normalized spacial score (nSPS) is 21.5. The van der Waals surface area contributed by atoms with E-state index in [1.165, 1.54) is 23.0 Å². The van der Waals surface area contributed by atoms with E-state index in [9.17, 15) is 32.8 Å². The average Bonchev–Trinajstić information content (AvgIpc) is 3.56. The molecule has 0 spiro atoms. The first-order chi connectivity index (χ1) is 25.4. The summed E-state index contributed by atoms with van der Waals surface area (Å²) in [6.07, 6.45) is 0.418. The topological polar surface area (TPSA) is 146 Å². The predicted octanol–water partition coefficient (Wildman–Crippen LogP) is 2.82. The van der Waals surface area contributed by atoms with E-state index < -0.39 is 78.4 Å². The second-order valence-electron chi connectivity index (χ2n) is 13.7. The maximum atomic E-state index is 14.2. The van der Waals surface area contributed by atoms with Gasteiger partial charge in [0.05, 0.1) is 19.2 Å². The summed E-state index contributed by atoms with van der Waals surface area (Å²) < 4.78 is 38.9. The number of likely N-dealkylation sites (tertiary alicyclic amines) is 1. The zero-order valence-electron chi connectivity index (χ0n) is 30.0. The van der Waals surface area contributed by atoms with Gasteiger partial charge in [0.25, 0.3) is 11.8 Å². The Labute approximate surface area is 307 Å². The summed E-state index contributed by atoms with van der Waals surface area (Å²) >= 11 is 0. The molecule has 5 rings (SSSR count). The molecule has 2 bridgehead atoms. The number of halogens is 2. The standard InChI is InChI=1S/C39H45F2N5O7/c1-24(2)16-33-39(51)45(14-15-52-3)22-35(47)42-32(17-25-8-5-4-6-9-25)37(49)44-34-21-46(38(50)27-12-13-30(40)31(41)19-27)20-29(34)26-10-7-11-28(18-26)53-23-36(48)43-33/h4-13,18-19,24,29,32-34H,14-17,20-23H2,1-3H3,(H,42,47)(H,43,48)(H,44,49)/t29-,32-,33+,34+/m0/s1. The number of rotatable bonds is 8. The summed E-state index contributed by atoms with van der Waals surface area (Å²) in [6.45, 7) is 3.31. The molecular formula is C39H45F2N5O7. The molecule has 3 N–H and O–H groups in total. The number of amides is 5. The van der Waals surface area contributed by atoms with Crippen molar-refractivity contribution in [3.8, 4) is 5.75 Å². The highest BCUT2D eigenvalue weighted by atomic mass is 19.2. The molecule has 3 aromatic carbocycles. The van der Waals surface area contributed by atoms with Crippen molar-refractivity contribution in [3.05, 3.63) is 101 Å². The van der Waals surface area contributed by atoms with E-state index >= 15 is 0 Å². The number of carbonyl (C=O) groups excluding carboxylic acids is 5. The van der Waals surface area contributed by atoms with Gasteiger partial charge in [-0.3, -0.25) is 24.0 Å². The van der Waals surface area contributed by atoms with E-state index in [-0.39, 0.29) is 44.1 Å². The molecular weight excluding hydrogens is 688 g/mol. The van der Waals surface area contributed by atoms with Gasteiger partial charge in [-0.1, -0.05) is 56.3 Å².